The molecule has 1 aromatic carbocycles. The van der Waals surface area contributed by atoms with Gasteiger partial charge in [0.05, 0.1) is 5.02 Å². The Hall–Kier alpha value is -1.34. The maximum Gasteiger partial charge on any atom is 0.175 e. The summed E-state index contributed by atoms with van der Waals surface area (Å²) in [6, 6.07) is 10.1. The zero-order valence-corrected chi connectivity index (χ0v) is 10.3. The first-order valence-electron chi connectivity index (χ1n) is 5.36. The van der Waals surface area contributed by atoms with Crippen LogP contribution in [0.5, 0.6) is 0 Å². The van der Waals surface area contributed by atoms with Gasteiger partial charge in [-0.3, -0.25) is 0 Å². The van der Waals surface area contributed by atoms with Crippen molar-refractivity contribution in [3.05, 3.63) is 64.4 Å². The summed E-state index contributed by atoms with van der Waals surface area (Å²) in [7, 11) is 0. The molecule has 16 heavy (non-hydrogen) atoms. The van der Waals surface area contributed by atoms with Gasteiger partial charge >= 0.3 is 0 Å². The van der Waals surface area contributed by atoms with Crippen LogP contribution in [0, 0.1) is 13.8 Å². The predicted octanol–water partition coefficient (Wildman–Crippen LogP) is 3.29. The SMILES string of the molecule is Cc1cc(C)c[n+](Cc2ccccc2Cl)c1. The Balaban J connectivity index is 2.30. The highest BCUT2D eigenvalue weighted by Crippen LogP contribution is 2.14. The fraction of sp³-hybridized carbons (Fsp3) is 0.214. The number of aromatic nitrogens is 1. The first kappa shape index (κ1) is 11.2. The third-order valence-corrected chi connectivity index (χ3v) is 2.87. The molecule has 0 spiro atoms. The van der Waals surface area contributed by atoms with Gasteiger partial charge in [-0.1, -0.05) is 29.8 Å². The number of aryl methyl sites for hydroxylation is 2. The molecule has 1 heterocycles. The van der Waals surface area contributed by atoms with Crippen LogP contribution in [-0.2, 0) is 6.54 Å². The molecule has 0 aliphatic rings. The van der Waals surface area contributed by atoms with E-state index >= 15 is 0 Å². The van der Waals surface area contributed by atoms with Gasteiger partial charge in [-0.05, 0) is 26.0 Å². The molecular formula is C14H15ClN+. The van der Waals surface area contributed by atoms with E-state index in [0.29, 0.717) is 0 Å². The van der Waals surface area contributed by atoms with Crippen LogP contribution in [0.25, 0.3) is 0 Å². The number of hydrogen-bond acceptors (Lipinski definition) is 0. The monoisotopic (exact) mass is 232 g/mol. The highest BCUT2D eigenvalue weighted by molar-refractivity contribution is 6.31. The van der Waals surface area contributed by atoms with Gasteiger partial charge < -0.3 is 0 Å². The molecular weight excluding hydrogens is 218 g/mol. The standard InChI is InChI=1S/C14H15ClN/c1-11-7-12(2)9-16(8-11)10-13-5-3-4-6-14(13)15/h3-9H,10H2,1-2H3/q+1. The largest absolute Gasteiger partial charge is 0.200 e. The van der Waals surface area contributed by atoms with Crippen molar-refractivity contribution in [3.63, 3.8) is 0 Å². The summed E-state index contributed by atoms with van der Waals surface area (Å²) in [5.41, 5.74) is 3.69. The zero-order chi connectivity index (χ0) is 11.5. The van der Waals surface area contributed by atoms with Crippen LogP contribution in [0.1, 0.15) is 16.7 Å². The van der Waals surface area contributed by atoms with Crippen molar-refractivity contribution in [2.45, 2.75) is 20.4 Å². The molecule has 0 radical (unpaired) electrons. The Bertz CT molecular complexity index is 486. The van der Waals surface area contributed by atoms with E-state index in [1.165, 1.54) is 11.1 Å². The van der Waals surface area contributed by atoms with Crippen molar-refractivity contribution >= 4 is 11.6 Å². The summed E-state index contributed by atoms with van der Waals surface area (Å²) in [6.07, 6.45) is 4.27. The van der Waals surface area contributed by atoms with Gasteiger partial charge in [0, 0.05) is 16.7 Å². The molecule has 0 saturated carbocycles. The molecule has 1 aromatic heterocycles. The van der Waals surface area contributed by atoms with Crippen molar-refractivity contribution in [1.82, 2.24) is 0 Å². The van der Waals surface area contributed by atoms with Gasteiger partial charge in [0.1, 0.15) is 0 Å². The summed E-state index contributed by atoms with van der Waals surface area (Å²) >= 11 is 6.14. The minimum absolute atomic E-state index is 0.822. The van der Waals surface area contributed by atoms with Gasteiger partial charge in [-0.25, -0.2) is 4.57 Å². The maximum atomic E-state index is 6.14. The molecule has 0 N–H and O–H groups in total. The summed E-state index contributed by atoms with van der Waals surface area (Å²) in [5, 5.41) is 0.828. The average molecular weight is 233 g/mol. The summed E-state index contributed by atoms with van der Waals surface area (Å²) in [6.45, 7) is 5.04. The third kappa shape index (κ3) is 2.61. The van der Waals surface area contributed by atoms with Crippen molar-refractivity contribution in [2.24, 2.45) is 0 Å². The Morgan fingerprint density at radius 2 is 1.69 bits per heavy atom. The molecule has 0 bridgehead atoms. The fourth-order valence-corrected chi connectivity index (χ4v) is 2.10. The van der Waals surface area contributed by atoms with E-state index in [4.69, 9.17) is 11.6 Å². The molecule has 2 aromatic rings. The molecule has 2 heteroatoms. The van der Waals surface area contributed by atoms with Crippen molar-refractivity contribution in [2.75, 3.05) is 0 Å². The summed E-state index contributed by atoms with van der Waals surface area (Å²) in [4.78, 5) is 0. The lowest BCUT2D eigenvalue weighted by atomic mass is 10.2. The van der Waals surface area contributed by atoms with Crippen molar-refractivity contribution in [3.8, 4) is 0 Å². The molecule has 2 rings (SSSR count). The quantitative estimate of drug-likeness (QED) is 0.700. The minimum Gasteiger partial charge on any atom is -0.200 e. The number of benzene rings is 1. The lowest BCUT2D eigenvalue weighted by Gasteiger charge is -2.02. The van der Waals surface area contributed by atoms with Gasteiger partial charge in [-0.2, -0.15) is 0 Å². The van der Waals surface area contributed by atoms with E-state index in [-0.39, 0.29) is 0 Å². The predicted molar refractivity (Wildman–Crippen MR) is 66.7 cm³/mol. The second-order valence-corrected chi connectivity index (χ2v) is 4.56. The second kappa shape index (κ2) is 4.67. The molecule has 0 amide bonds. The highest BCUT2D eigenvalue weighted by atomic mass is 35.5. The van der Waals surface area contributed by atoms with Crippen LogP contribution in [0.2, 0.25) is 5.02 Å². The average Bonchev–Trinajstić information content (AvgIpc) is 2.20. The van der Waals surface area contributed by atoms with E-state index < -0.39 is 0 Å². The van der Waals surface area contributed by atoms with E-state index in [0.717, 1.165) is 17.1 Å². The van der Waals surface area contributed by atoms with Crippen LogP contribution in [-0.4, -0.2) is 0 Å². The van der Waals surface area contributed by atoms with Gasteiger partial charge in [0.25, 0.3) is 0 Å². The molecule has 0 aliphatic heterocycles. The Morgan fingerprint density at radius 3 is 2.31 bits per heavy atom. The molecule has 0 unspecified atom stereocenters. The smallest absolute Gasteiger partial charge is 0.175 e. The van der Waals surface area contributed by atoms with Gasteiger partial charge in [0.15, 0.2) is 18.9 Å². The lowest BCUT2D eigenvalue weighted by Crippen LogP contribution is -2.34. The summed E-state index contributed by atoms with van der Waals surface area (Å²) < 4.78 is 2.17. The number of halogens is 1. The molecule has 82 valence electrons. The van der Waals surface area contributed by atoms with Crippen LogP contribution >= 0.6 is 11.6 Å². The van der Waals surface area contributed by atoms with Crippen LogP contribution in [0.3, 0.4) is 0 Å². The number of hydrogen-bond donors (Lipinski definition) is 0. The van der Waals surface area contributed by atoms with E-state index in [2.05, 4.69) is 42.9 Å². The topological polar surface area (TPSA) is 3.88 Å². The maximum absolute atomic E-state index is 6.14. The van der Waals surface area contributed by atoms with Crippen LogP contribution in [0.15, 0.2) is 42.7 Å². The Morgan fingerprint density at radius 1 is 1.06 bits per heavy atom. The normalized spacial score (nSPS) is 10.4. The molecule has 1 nitrogen and oxygen atoms in total. The number of rotatable bonds is 2. The Labute approximate surface area is 101 Å². The molecule has 0 saturated heterocycles. The van der Waals surface area contributed by atoms with Crippen molar-refractivity contribution < 1.29 is 4.57 Å². The first-order chi connectivity index (χ1) is 7.65. The third-order valence-electron chi connectivity index (χ3n) is 2.51. The second-order valence-electron chi connectivity index (χ2n) is 4.15. The van der Waals surface area contributed by atoms with E-state index in [1.807, 2.05) is 18.2 Å². The molecule has 0 aliphatic carbocycles. The molecule has 0 atom stereocenters. The van der Waals surface area contributed by atoms with Crippen LogP contribution < -0.4 is 4.57 Å². The van der Waals surface area contributed by atoms with Gasteiger partial charge in [-0.15, -0.1) is 0 Å². The zero-order valence-electron chi connectivity index (χ0n) is 9.57. The van der Waals surface area contributed by atoms with Crippen molar-refractivity contribution in [1.29, 1.82) is 0 Å². The van der Waals surface area contributed by atoms with Crippen LogP contribution in [0.4, 0.5) is 0 Å². The number of pyridine rings is 1. The Kier molecular flexibility index (Phi) is 3.25. The van der Waals surface area contributed by atoms with E-state index in [9.17, 15) is 0 Å². The highest BCUT2D eigenvalue weighted by Gasteiger charge is 2.07. The minimum atomic E-state index is 0.822. The summed E-state index contributed by atoms with van der Waals surface area (Å²) in [5.74, 6) is 0. The first-order valence-corrected chi connectivity index (χ1v) is 5.74. The molecule has 0 fully saturated rings. The van der Waals surface area contributed by atoms with E-state index in [1.54, 1.807) is 0 Å². The lowest BCUT2D eigenvalue weighted by molar-refractivity contribution is -0.689. The fourth-order valence-electron chi connectivity index (χ4n) is 1.91. The number of nitrogens with zero attached hydrogens (tertiary/aromatic N) is 1. The van der Waals surface area contributed by atoms with Gasteiger partial charge in [0.2, 0.25) is 0 Å².